The van der Waals surface area contributed by atoms with Crippen LogP contribution in [0.4, 0.5) is 4.39 Å². The molecule has 46 valence electrons. The van der Waals surface area contributed by atoms with Crippen molar-refractivity contribution in [3.8, 4) is 0 Å². The third-order valence-corrected chi connectivity index (χ3v) is 1.42. The van der Waals surface area contributed by atoms with E-state index >= 15 is 0 Å². The van der Waals surface area contributed by atoms with E-state index in [1.807, 2.05) is 0 Å². The number of carbonyl (C=O) groups is 1. The molecule has 1 aliphatic rings. The molecule has 0 aromatic carbocycles. The maximum atomic E-state index is 12.1. The lowest BCUT2D eigenvalue weighted by Gasteiger charge is -2.26. The molecule has 1 aliphatic carbocycles. The van der Waals surface area contributed by atoms with Crippen LogP contribution in [0.1, 0.15) is 6.42 Å². The van der Waals surface area contributed by atoms with Crippen LogP contribution in [0.2, 0.25) is 0 Å². The van der Waals surface area contributed by atoms with Crippen LogP contribution in [0.15, 0.2) is 0 Å². The summed E-state index contributed by atoms with van der Waals surface area (Å²) < 4.78 is 12.1. The molecule has 3 heteroatoms. The minimum absolute atomic E-state index is 0.201. The Balaban J connectivity index is 2.35. The fourth-order valence-electron chi connectivity index (χ4n) is 0.734. The largest absolute Gasteiger partial charge is 0.396 e. The van der Waals surface area contributed by atoms with Crippen molar-refractivity contribution < 1.29 is 14.3 Å². The van der Waals surface area contributed by atoms with Crippen LogP contribution in [-0.4, -0.2) is 23.7 Å². The molecule has 0 amide bonds. The predicted molar refractivity (Wildman–Crippen MR) is 25.1 cm³/mol. The highest BCUT2D eigenvalue weighted by atomic mass is 19.1. The molecule has 0 heterocycles. The number of aliphatic hydroxyl groups is 1. The quantitative estimate of drug-likeness (QED) is 0.522. The third-order valence-electron chi connectivity index (χ3n) is 1.42. The van der Waals surface area contributed by atoms with Gasteiger partial charge in [-0.3, -0.25) is 4.79 Å². The molecule has 0 bridgehead atoms. The zero-order chi connectivity index (χ0) is 6.15. The Bertz CT molecular complexity index is 113. The van der Waals surface area contributed by atoms with Gasteiger partial charge in [-0.1, -0.05) is 0 Å². The Morgan fingerprint density at radius 2 is 2.50 bits per heavy atom. The fourth-order valence-corrected chi connectivity index (χ4v) is 0.734. The third kappa shape index (κ3) is 0.629. The van der Waals surface area contributed by atoms with Crippen LogP contribution in [0, 0.1) is 5.92 Å². The van der Waals surface area contributed by atoms with E-state index in [9.17, 15) is 9.18 Å². The smallest absolute Gasteiger partial charge is 0.167 e. The predicted octanol–water partition coefficient (Wildman–Crippen LogP) is -0.0942. The van der Waals surface area contributed by atoms with Crippen molar-refractivity contribution in [2.24, 2.45) is 5.92 Å². The van der Waals surface area contributed by atoms with Gasteiger partial charge in [0.15, 0.2) is 12.0 Å². The topological polar surface area (TPSA) is 37.3 Å². The summed E-state index contributed by atoms with van der Waals surface area (Å²) in [5, 5.41) is 8.28. The normalized spacial score (nSPS) is 37.0. The van der Waals surface area contributed by atoms with Crippen molar-refractivity contribution >= 4 is 5.78 Å². The van der Waals surface area contributed by atoms with Crippen molar-refractivity contribution in [3.63, 3.8) is 0 Å². The standard InChI is InChI=1S/C5H7FO2/c6-5-3(2-7)1-4(5)8/h3,5,7H,1-2H2/t3-,5+/m0/s1. The average molecular weight is 118 g/mol. The van der Waals surface area contributed by atoms with Crippen molar-refractivity contribution in [1.82, 2.24) is 0 Å². The molecule has 0 aliphatic heterocycles. The van der Waals surface area contributed by atoms with E-state index in [2.05, 4.69) is 0 Å². The molecular weight excluding hydrogens is 111 g/mol. The molecule has 1 fully saturated rings. The van der Waals surface area contributed by atoms with Crippen LogP contribution in [0.25, 0.3) is 0 Å². The van der Waals surface area contributed by atoms with E-state index in [-0.39, 0.29) is 18.8 Å². The van der Waals surface area contributed by atoms with E-state index in [0.717, 1.165) is 0 Å². The maximum absolute atomic E-state index is 12.1. The number of hydrogen-bond donors (Lipinski definition) is 1. The van der Waals surface area contributed by atoms with Gasteiger partial charge < -0.3 is 5.11 Å². The Morgan fingerprint density at radius 3 is 2.62 bits per heavy atom. The van der Waals surface area contributed by atoms with Gasteiger partial charge in [0.25, 0.3) is 0 Å². The Morgan fingerprint density at radius 1 is 1.88 bits per heavy atom. The van der Waals surface area contributed by atoms with Crippen LogP contribution in [0.3, 0.4) is 0 Å². The van der Waals surface area contributed by atoms with E-state index in [4.69, 9.17) is 5.11 Å². The van der Waals surface area contributed by atoms with E-state index in [0.29, 0.717) is 0 Å². The Kier molecular flexibility index (Phi) is 1.29. The van der Waals surface area contributed by atoms with Gasteiger partial charge in [0, 0.05) is 18.9 Å². The van der Waals surface area contributed by atoms with Crippen LogP contribution >= 0.6 is 0 Å². The Labute approximate surface area is 46.3 Å². The number of rotatable bonds is 1. The van der Waals surface area contributed by atoms with E-state index in [1.165, 1.54) is 0 Å². The van der Waals surface area contributed by atoms with Gasteiger partial charge in [0.05, 0.1) is 0 Å². The first-order valence-electron chi connectivity index (χ1n) is 2.53. The number of aliphatic hydroxyl groups excluding tert-OH is 1. The summed E-state index contributed by atoms with van der Waals surface area (Å²) in [7, 11) is 0. The van der Waals surface area contributed by atoms with Crippen molar-refractivity contribution in [2.75, 3.05) is 6.61 Å². The number of carbonyl (C=O) groups excluding carboxylic acids is 1. The lowest BCUT2D eigenvalue weighted by molar-refractivity contribution is -0.137. The van der Waals surface area contributed by atoms with Crippen LogP contribution < -0.4 is 0 Å². The molecule has 0 aromatic heterocycles. The van der Waals surface area contributed by atoms with Crippen molar-refractivity contribution in [1.29, 1.82) is 0 Å². The molecule has 0 aromatic rings. The minimum Gasteiger partial charge on any atom is -0.396 e. The highest BCUT2D eigenvalue weighted by molar-refractivity contribution is 5.89. The Hall–Kier alpha value is -0.440. The summed E-state index contributed by atoms with van der Waals surface area (Å²) in [5.74, 6) is -0.772. The molecule has 0 unspecified atom stereocenters. The SMILES string of the molecule is O=C1C[C@@H](CO)[C@H]1F. The molecule has 2 atom stereocenters. The summed E-state index contributed by atoms with van der Waals surface area (Å²) in [4.78, 5) is 10.1. The van der Waals surface area contributed by atoms with E-state index < -0.39 is 12.1 Å². The highest BCUT2D eigenvalue weighted by Gasteiger charge is 2.39. The highest BCUT2D eigenvalue weighted by Crippen LogP contribution is 2.25. The maximum Gasteiger partial charge on any atom is 0.167 e. The number of hydrogen-bond acceptors (Lipinski definition) is 2. The number of halogens is 1. The lowest BCUT2D eigenvalue weighted by Crippen LogP contribution is -2.41. The second kappa shape index (κ2) is 1.82. The van der Waals surface area contributed by atoms with Gasteiger partial charge in [-0.15, -0.1) is 0 Å². The second-order valence-electron chi connectivity index (χ2n) is 2.01. The minimum atomic E-state index is -1.38. The molecule has 0 spiro atoms. The average Bonchev–Trinajstić information content (AvgIpc) is 1.81. The van der Waals surface area contributed by atoms with Gasteiger partial charge >= 0.3 is 0 Å². The summed E-state index contributed by atoms with van der Waals surface area (Å²) in [6.07, 6.45) is -1.16. The summed E-state index contributed by atoms with van der Waals surface area (Å²) in [5.41, 5.74) is 0. The van der Waals surface area contributed by atoms with Gasteiger partial charge in [0.2, 0.25) is 0 Å². The fraction of sp³-hybridized carbons (Fsp3) is 0.800. The number of Topliss-reactive ketones (excluding diaryl/α,β-unsaturated/α-hetero) is 1. The molecule has 0 saturated heterocycles. The zero-order valence-electron chi connectivity index (χ0n) is 4.30. The molecule has 2 nitrogen and oxygen atoms in total. The van der Waals surface area contributed by atoms with Crippen molar-refractivity contribution in [2.45, 2.75) is 12.6 Å². The zero-order valence-corrected chi connectivity index (χ0v) is 4.30. The van der Waals surface area contributed by atoms with Gasteiger partial charge in [-0.25, -0.2) is 4.39 Å². The van der Waals surface area contributed by atoms with Crippen LogP contribution in [0.5, 0.6) is 0 Å². The summed E-state index contributed by atoms with van der Waals surface area (Å²) in [6, 6.07) is 0. The lowest BCUT2D eigenvalue weighted by atomic mass is 9.83. The molecular formula is C5H7FO2. The first-order chi connectivity index (χ1) is 3.75. The first kappa shape index (κ1) is 5.69. The van der Waals surface area contributed by atoms with Gasteiger partial charge in [0.1, 0.15) is 0 Å². The van der Waals surface area contributed by atoms with E-state index in [1.54, 1.807) is 0 Å². The second-order valence-corrected chi connectivity index (χ2v) is 2.01. The molecule has 8 heavy (non-hydrogen) atoms. The first-order valence-corrected chi connectivity index (χ1v) is 2.53. The van der Waals surface area contributed by atoms with Crippen LogP contribution in [-0.2, 0) is 4.79 Å². The van der Waals surface area contributed by atoms with Crippen molar-refractivity contribution in [3.05, 3.63) is 0 Å². The van der Waals surface area contributed by atoms with Gasteiger partial charge in [-0.2, -0.15) is 0 Å². The molecule has 1 saturated carbocycles. The summed E-state index contributed by atoms with van der Waals surface area (Å²) >= 11 is 0. The number of ketones is 1. The molecule has 0 radical (unpaired) electrons. The summed E-state index contributed by atoms with van der Waals surface area (Å²) in [6.45, 7) is -0.201. The monoisotopic (exact) mass is 118 g/mol. The molecule has 1 rings (SSSR count). The van der Waals surface area contributed by atoms with Gasteiger partial charge in [-0.05, 0) is 0 Å². The molecule has 1 N–H and O–H groups in total. The number of alkyl halides is 1.